The van der Waals surface area contributed by atoms with E-state index in [0.717, 1.165) is 53.2 Å². The lowest BCUT2D eigenvalue weighted by atomic mass is 9.88. The van der Waals surface area contributed by atoms with Crippen molar-refractivity contribution in [1.82, 2.24) is 9.58 Å². The summed E-state index contributed by atoms with van der Waals surface area (Å²) in [6.45, 7) is 2.19. The standard InChI is InChI=1S/C25H25N3O/c1-27-12-10-18(11-13-27)23-16-28(26)24-9-8-21(15-22(23)24)25(29)20-7-6-17-4-2-3-5-19(17)14-20/h2-9,14-16,18H,10-13,26H2,1H3. The maximum atomic E-state index is 13.2. The van der Waals surface area contributed by atoms with Gasteiger partial charge in [0, 0.05) is 22.7 Å². The molecule has 0 spiro atoms. The zero-order valence-corrected chi connectivity index (χ0v) is 16.6. The third-order valence-electron chi connectivity index (χ3n) is 6.30. The van der Waals surface area contributed by atoms with Crippen LogP contribution in [0.15, 0.2) is 66.9 Å². The van der Waals surface area contributed by atoms with E-state index in [2.05, 4.69) is 18.0 Å². The number of likely N-dealkylation sites (tertiary alicyclic amines) is 1. The molecule has 0 saturated carbocycles. The highest BCUT2D eigenvalue weighted by atomic mass is 16.1. The molecular formula is C25H25N3O. The average molecular weight is 383 g/mol. The number of nitrogen functional groups attached to an aromatic ring is 1. The number of aromatic nitrogens is 1. The predicted octanol–water partition coefficient (Wildman–Crippen LogP) is 4.55. The van der Waals surface area contributed by atoms with Gasteiger partial charge in [0.25, 0.3) is 0 Å². The molecule has 0 atom stereocenters. The van der Waals surface area contributed by atoms with Crippen LogP contribution in [0.2, 0.25) is 0 Å². The quantitative estimate of drug-likeness (QED) is 0.417. The zero-order chi connectivity index (χ0) is 20.0. The molecule has 2 N–H and O–H groups in total. The number of fused-ring (bicyclic) bond motifs is 2. The number of nitrogens with zero attached hydrogens (tertiary/aromatic N) is 2. The first-order chi connectivity index (χ1) is 14.1. The minimum absolute atomic E-state index is 0.0525. The summed E-state index contributed by atoms with van der Waals surface area (Å²) in [4.78, 5) is 15.6. The number of rotatable bonds is 3. The van der Waals surface area contributed by atoms with Gasteiger partial charge in [-0.15, -0.1) is 0 Å². The van der Waals surface area contributed by atoms with Gasteiger partial charge in [0.1, 0.15) is 0 Å². The smallest absolute Gasteiger partial charge is 0.193 e. The number of carbonyl (C=O) groups is 1. The molecule has 146 valence electrons. The molecule has 4 heteroatoms. The van der Waals surface area contributed by atoms with E-state index < -0.39 is 0 Å². The lowest BCUT2D eigenvalue weighted by molar-refractivity contribution is 0.103. The molecule has 4 nitrogen and oxygen atoms in total. The number of nitrogens with two attached hydrogens (primary N) is 1. The fourth-order valence-electron chi connectivity index (χ4n) is 4.56. The Kier molecular flexibility index (Phi) is 4.36. The molecule has 1 aliphatic heterocycles. The van der Waals surface area contributed by atoms with Crippen molar-refractivity contribution in [3.63, 3.8) is 0 Å². The fourth-order valence-corrected chi connectivity index (χ4v) is 4.56. The molecule has 3 aromatic carbocycles. The summed E-state index contributed by atoms with van der Waals surface area (Å²) in [5.74, 6) is 6.77. The topological polar surface area (TPSA) is 51.3 Å². The summed E-state index contributed by atoms with van der Waals surface area (Å²) in [5.41, 5.74) is 3.68. The number of piperidine rings is 1. The summed E-state index contributed by atoms with van der Waals surface area (Å²) < 4.78 is 1.70. The summed E-state index contributed by atoms with van der Waals surface area (Å²) in [7, 11) is 2.17. The highest BCUT2D eigenvalue weighted by Crippen LogP contribution is 2.34. The largest absolute Gasteiger partial charge is 0.339 e. The monoisotopic (exact) mass is 383 g/mol. The number of hydrogen-bond acceptors (Lipinski definition) is 3. The van der Waals surface area contributed by atoms with Crippen molar-refractivity contribution in [2.24, 2.45) is 0 Å². The van der Waals surface area contributed by atoms with E-state index in [1.165, 1.54) is 5.56 Å². The first kappa shape index (κ1) is 18.0. The summed E-state index contributed by atoms with van der Waals surface area (Å²) in [6, 6.07) is 19.9. The molecular weight excluding hydrogens is 358 g/mol. The summed E-state index contributed by atoms with van der Waals surface area (Å²) >= 11 is 0. The van der Waals surface area contributed by atoms with E-state index in [9.17, 15) is 4.79 Å². The molecule has 0 unspecified atom stereocenters. The summed E-state index contributed by atoms with van der Waals surface area (Å²) in [5, 5.41) is 3.33. The molecule has 0 bridgehead atoms. The van der Waals surface area contributed by atoms with Gasteiger partial charge in [-0.2, -0.15) is 0 Å². The van der Waals surface area contributed by atoms with E-state index in [1.807, 2.05) is 60.8 Å². The van der Waals surface area contributed by atoms with Crippen molar-refractivity contribution in [2.75, 3.05) is 26.0 Å². The Morgan fingerprint density at radius 2 is 1.62 bits per heavy atom. The maximum Gasteiger partial charge on any atom is 0.193 e. The molecule has 0 radical (unpaired) electrons. The third kappa shape index (κ3) is 3.19. The Balaban J connectivity index is 1.54. The van der Waals surface area contributed by atoms with Crippen LogP contribution >= 0.6 is 0 Å². The first-order valence-electron chi connectivity index (χ1n) is 10.2. The van der Waals surface area contributed by atoms with Crippen LogP contribution in [0, 0.1) is 0 Å². The van der Waals surface area contributed by atoms with Crippen LogP contribution in [-0.4, -0.2) is 35.5 Å². The third-order valence-corrected chi connectivity index (χ3v) is 6.30. The van der Waals surface area contributed by atoms with Crippen LogP contribution in [-0.2, 0) is 0 Å². The van der Waals surface area contributed by atoms with E-state index in [0.29, 0.717) is 11.5 Å². The van der Waals surface area contributed by atoms with Gasteiger partial charge in [0.15, 0.2) is 5.78 Å². The molecule has 0 amide bonds. The molecule has 5 rings (SSSR count). The van der Waals surface area contributed by atoms with Gasteiger partial charge < -0.3 is 10.7 Å². The zero-order valence-electron chi connectivity index (χ0n) is 16.6. The highest BCUT2D eigenvalue weighted by Gasteiger charge is 2.23. The predicted molar refractivity (Wildman–Crippen MR) is 119 cm³/mol. The van der Waals surface area contributed by atoms with Crippen LogP contribution in [0.25, 0.3) is 21.7 Å². The van der Waals surface area contributed by atoms with Crippen molar-refractivity contribution in [1.29, 1.82) is 0 Å². The van der Waals surface area contributed by atoms with E-state index in [1.54, 1.807) is 4.68 Å². The SMILES string of the molecule is CN1CCC(c2cn(N)c3ccc(C(=O)c4ccc5ccccc5c4)cc23)CC1. The first-order valence-corrected chi connectivity index (χ1v) is 10.2. The molecule has 2 heterocycles. The second-order valence-electron chi connectivity index (χ2n) is 8.19. The van der Waals surface area contributed by atoms with Gasteiger partial charge in [0.2, 0.25) is 0 Å². The Morgan fingerprint density at radius 1 is 0.931 bits per heavy atom. The second-order valence-corrected chi connectivity index (χ2v) is 8.19. The fraction of sp³-hybridized carbons (Fsp3) is 0.240. The maximum absolute atomic E-state index is 13.2. The minimum atomic E-state index is 0.0525. The van der Waals surface area contributed by atoms with E-state index in [4.69, 9.17) is 5.84 Å². The van der Waals surface area contributed by atoms with Crippen LogP contribution in [0.1, 0.15) is 40.2 Å². The molecule has 4 aromatic rings. The second kappa shape index (κ2) is 7.05. The molecule has 1 fully saturated rings. The molecule has 1 aromatic heterocycles. The van der Waals surface area contributed by atoms with Gasteiger partial charge in [-0.25, -0.2) is 0 Å². The van der Waals surface area contributed by atoms with Crippen molar-refractivity contribution < 1.29 is 4.79 Å². The van der Waals surface area contributed by atoms with Gasteiger partial charge in [-0.1, -0.05) is 36.4 Å². The molecule has 1 saturated heterocycles. The van der Waals surface area contributed by atoms with Crippen LogP contribution in [0.3, 0.4) is 0 Å². The van der Waals surface area contributed by atoms with Crippen LogP contribution in [0.5, 0.6) is 0 Å². The lowest BCUT2D eigenvalue weighted by Crippen LogP contribution is -2.29. The van der Waals surface area contributed by atoms with Crippen molar-refractivity contribution in [2.45, 2.75) is 18.8 Å². The molecule has 29 heavy (non-hydrogen) atoms. The normalized spacial score (nSPS) is 15.9. The minimum Gasteiger partial charge on any atom is -0.339 e. The van der Waals surface area contributed by atoms with Gasteiger partial charge in [-0.3, -0.25) is 9.47 Å². The van der Waals surface area contributed by atoms with Crippen LogP contribution < -0.4 is 5.84 Å². The number of ketones is 1. The van der Waals surface area contributed by atoms with Gasteiger partial charge in [0.05, 0.1) is 5.52 Å². The Hall–Kier alpha value is -3.11. The average Bonchev–Trinajstić information content (AvgIpc) is 3.09. The lowest BCUT2D eigenvalue weighted by Gasteiger charge is -2.28. The highest BCUT2D eigenvalue weighted by molar-refractivity contribution is 6.12. The Bertz CT molecular complexity index is 1220. The van der Waals surface area contributed by atoms with Gasteiger partial charge in [-0.05, 0) is 79.5 Å². The number of benzene rings is 3. The van der Waals surface area contributed by atoms with E-state index >= 15 is 0 Å². The van der Waals surface area contributed by atoms with Gasteiger partial charge >= 0.3 is 0 Å². The Morgan fingerprint density at radius 3 is 2.41 bits per heavy atom. The Labute approximate surface area is 170 Å². The molecule has 1 aliphatic rings. The molecule has 0 aliphatic carbocycles. The number of hydrogen-bond donors (Lipinski definition) is 1. The van der Waals surface area contributed by atoms with E-state index in [-0.39, 0.29) is 5.78 Å². The van der Waals surface area contributed by atoms with Crippen LogP contribution in [0.4, 0.5) is 0 Å². The van der Waals surface area contributed by atoms with Crippen molar-refractivity contribution >= 4 is 27.5 Å². The summed E-state index contributed by atoms with van der Waals surface area (Å²) in [6.07, 6.45) is 4.29. The van der Waals surface area contributed by atoms with Crippen molar-refractivity contribution in [3.05, 3.63) is 83.6 Å². The number of carbonyl (C=O) groups excluding carboxylic acids is 1. The van der Waals surface area contributed by atoms with Crippen molar-refractivity contribution in [3.8, 4) is 0 Å².